The molecule has 1 aliphatic rings. The van der Waals surface area contributed by atoms with Crippen LogP contribution in [0.15, 0.2) is 29.6 Å². The van der Waals surface area contributed by atoms with Crippen molar-refractivity contribution in [3.63, 3.8) is 0 Å². The smallest absolute Gasteiger partial charge is 0.232 e. The Hall–Kier alpha value is -1.75. The zero-order valence-corrected chi connectivity index (χ0v) is 9.00. The molecule has 0 fully saturated rings. The fourth-order valence-electron chi connectivity index (χ4n) is 1.80. The molecule has 1 amide bonds. The lowest BCUT2D eigenvalue weighted by molar-refractivity contribution is -0.143. The van der Waals surface area contributed by atoms with E-state index in [0.717, 1.165) is 17.1 Å². The maximum atomic E-state index is 10.9. The number of aromatic nitrogens is 1. The topological polar surface area (TPSA) is 65.8 Å². The zero-order chi connectivity index (χ0) is 11.6. The molecule has 1 N–H and O–H groups in total. The van der Waals surface area contributed by atoms with E-state index in [0.29, 0.717) is 18.4 Å². The lowest BCUT2D eigenvalue weighted by atomic mass is 9.98. The van der Waals surface area contributed by atoms with Gasteiger partial charge in [-0.15, -0.1) is 0 Å². The Morgan fingerprint density at radius 1 is 1.56 bits per heavy atom. The van der Waals surface area contributed by atoms with Crippen molar-refractivity contribution in [1.82, 2.24) is 9.99 Å². The SMILES string of the molecule is CCC1=NN(C=O)[C@@](O)(c2ccncc2)C1. The second-order valence-corrected chi connectivity index (χ2v) is 3.70. The molecule has 5 heteroatoms. The summed E-state index contributed by atoms with van der Waals surface area (Å²) in [5, 5.41) is 15.6. The lowest BCUT2D eigenvalue weighted by Gasteiger charge is -2.28. The molecule has 2 rings (SSSR count). The van der Waals surface area contributed by atoms with Crippen LogP contribution in [0.2, 0.25) is 0 Å². The number of hydrogen-bond acceptors (Lipinski definition) is 4. The molecule has 2 heterocycles. The molecule has 0 radical (unpaired) electrons. The quantitative estimate of drug-likeness (QED) is 0.766. The van der Waals surface area contributed by atoms with Gasteiger partial charge >= 0.3 is 0 Å². The number of pyridine rings is 1. The van der Waals surface area contributed by atoms with Gasteiger partial charge in [0, 0.05) is 30.1 Å². The number of amides is 1. The van der Waals surface area contributed by atoms with Crippen LogP contribution in [0.3, 0.4) is 0 Å². The van der Waals surface area contributed by atoms with Gasteiger partial charge in [0.25, 0.3) is 0 Å². The Labute approximate surface area is 93.4 Å². The van der Waals surface area contributed by atoms with Crippen molar-refractivity contribution in [3.05, 3.63) is 30.1 Å². The van der Waals surface area contributed by atoms with Gasteiger partial charge in [-0.05, 0) is 18.6 Å². The van der Waals surface area contributed by atoms with E-state index in [9.17, 15) is 9.90 Å². The Morgan fingerprint density at radius 2 is 2.25 bits per heavy atom. The van der Waals surface area contributed by atoms with Gasteiger partial charge in [-0.25, -0.2) is 0 Å². The average molecular weight is 219 g/mol. The minimum atomic E-state index is -1.35. The standard InChI is InChI=1S/C11H13N3O2/c1-2-10-7-11(16,14(8-15)13-10)9-3-5-12-6-4-9/h3-6,8,16H,2,7H2,1H3/t11-/m0/s1. The molecule has 1 aromatic rings. The van der Waals surface area contributed by atoms with Crippen molar-refractivity contribution in [3.8, 4) is 0 Å². The molecule has 1 atom stereocenters. The minimum Gasteiger partial charge on any atom is -0.365 e. The minimum absolute atomic E-state index is 0.353. The molecular formula is C11H13N3O2. The molecule has 0 saturated carbocycles. The van der Waals surface area contributed by atoms with Crippen LogP contribution in [-0.4, -0.2) is 27.2 Å². The average Bonchev–Trinajstić information content (AvgIpc) is 2.68. The summed E-state index contributed by atoms with van der Waals surface area (Å²) in [4.78, 5) is 14.8. The van der Waals surface area contributed by atoms with E-state index in [1.165, 1.54) is 0 Å². The van der Waals surface area contributed by atoms with Crippen LogP contribution < -0.4 is 0 Å². The predicted octanol–water partition coefficient (Wildman–Crippen LogP) is 0.855. The van der Waals surface area contributed by atoms with Crippen molar-refractivity contribution in [2.24, 2.45) is 5.10 Å². The van der Waals surface area contributed by atoms with Gasteiger partial charge in [-0.3, -0.25) is 9.78 Å². The van der Waals surface area contributed by atoms with Crippen LogP contribution in [-0.2, 0) is 10.5 Å². The number of hydrazone groups is 1. The fourth-order valence-corrected chi connectivity index (χ4v) is 1.80. The van der Waals surface area contributed by atoms with Gasteiger partial charge in [0.2, 0.25) is 6.41 Å². The van der Waals surface area contributed by atoms with E-state index in [2.05, 4.69) is 10.1 Å². The van der Waals surface area contributed by atoms with Crippen molar-refractivity contribution in [1.29, 1.82) is 0 Å². The number of rotatable bonds is 3. The summed E-state index contributed by atoms with van der Waals surface area (Å²) in [6, 6.07) is 3.37. The number of carbonyl (C=O) groups is 1. The van der Waals surface area contributed by atoms with Crippen molar-refractivity contribution in [2.45, 2.75) is 25.5 Å². The van der Waals surface area contributed by atoms with Gasteiger partial charge < -0.3 is 5.11 Å². The van der Waals surface area contributed by atoms with Gasteiger partial charge in [-0.2, -0.15) is 10.1 Å². The summed E-state index contributed by atoms with van der Waals surface area (Å²) >= 11 is 0. The van der Waals surface area contributed by atoms with Gasteiger partial charge in [0.1, 0.15) is 0 Å². The summed E-state index contributed by atoms with van der Waals surface area (Å²) < 4.78 is 0. The van der Waals surface area contributed by atoms with E-state index >= 15 is 0 Å². The number of nitrogens with zero attached hydrogens (tertiary/aromatic N) is 3. The molecule has 84 valence electrons. The van der Waals surface area contributed by atoms with Crippen molar-refractivity contribution in [2.75, 3.05) is 0 Å². The molecule has 0 aromatic carbocycles. The number of carbonyl (C=O) groups excluding carboxylic acids is 1. The van der Waals surface area contributed by atoms with Crippen molar-refractivity contribution < 1.29 is 9.90 Å². The molecule has 1 aliphatic heterocycles. The van der Waals surface area contributed by atoms with E-state index in [4.69, 9.17) is 0 Å². The van der Waals surface area contributed by atoms with E-state index < -0.39 is 5.72 Å². The van der Waals surface area contributed by atoms with Crippen LogP contribution in [0.4, 0.5) is 0 Å². The Balaban J connectivity index is 2.37. The highest BCUT2D eigenvalue weighted by atomic mass is 16.3. The van der Waals surface area contributed by atoms with E-state index in [1.807, 2.05) is 6.92 Å². The second kappa shape index (κ2) is 4.02. The lowest BCUT2D eigenvalue weighted by Crippen LogP contribution is -2.39. The highest BCUT2D eigenvalue weighted by Gasteiger charge is 2.41. The third kappa shape index (κ3) is 1.59. The highest BCUT2D eigenvalue weighted by molar-refractivity contribution is 5.87. The molecule has 0 bridgehead atoms. The molecule has 16 heavy (non-hydrogen) atoms. The maximum Gasteiger partial charge on any atom is 0.232 e. The molecule has 0 unspecified atom stereocenters. The van der Waals surface area contributed by atoms with Gasteiger partial charge in [-0.1, -0.05) is 6.92 Å². The number of aliphatic hydroxyl groups is 1. The molecule has 0 spiro atoms. The predicted molar refractivity (Wildman–Crippen MR) is 58.4 cm³/mol. The van der Waals surface area contributed by atoms with Crippen LogP contribution >= 0.6 is 0 Å². The summed E-state index contributed by atoms with van der Waals surface area (Å²) in [7, 11) is 0. The Bertz CT molecular complexity index is 418. The normalized spacial score (nSPS) is 24.4. The van der Waals surface area contributed by atoms with Crippen LogP contribution in [0.1, 0.15) is 25.3 Å². The zero-order valence-electron chi connectivity index (χ0n) is 9.00. The maximum absolute atomic E-state index is 10.9. The number of hydrogen-bond donors (Lipinski definition) is 1. The molecular weight excluding hydrogens is 206 g/mol. The third-order valence-electron chi connectivity index (χ3n) is 2.73. The van der Waals surface area contributed by atoms with Crippen molar-refractivity contribution >= 4 is 12.1 Å². The third-order valence-corrected chi connectivity index (χ3v) is 2.73. The monoisotopic (exact) mass is 219 g/mol. The first-order valence-electron chi connectivity index (χ1n) is 5.14. The van der Waals surface area contributed by atoms with Crippen LogP contribution in [0, 0.1) is 0 Å². The first kappa shape index (κ1) is 10.8. The molecule has 1 aromatic heterocycles. The van der Waals surface area contributed by atoms with E-state index in [-0.39, 0.29) is 0 Å². The van der Waals surface area contributed by atoms with Gasteiger partial charge in [0.05, 0.1) is 0 Å². The largest absolute Gasteiger partial charge is 0.365 e. The van der Waals surface area contributed by atoms with E-state index in [1.54, 1.807) is 24.5 Å². The Morgan fingerprint density at radius 3 is 2.81 bits per heavy atom. The highest BCUT2D eigenvalue weighted by Crippen LogP contribution is 2.34. The summed E-state index contributed by atoms with van der Waals surface area (Å²) in [5.41, 5.74) is 0.0870. The Kier molecular flexibility index (Phi) is 2.70. The first-order chi connectivity index (χ1) is 7.70. The first-order valence-corrected chi connectivity index (χ1v) is 5.14. The second-order valence-electron chi connectivity index (χ2n) is 3.70. The van der Waals surface area contributed by atoms with Crippen LogP contribution in [0.25, 0.3) is 0 Å². The summed E-state index contributed by atoms with van der Waals surface area (Å²) in [6.45, 7) is 1.94. The summed E-state index contributed by atoms with van der Waals surface area (Å²) in [6.07, 6.45) is 4.79. The summed E-state index contributed by atoms with van der Waals surface area (Å²) in [5.74, 6) is 0. The van der Waals surface area contributed by atoms with Crippen LogP contribution in [0.5, 0.6) is 0 Å². The molecule has 5 nitrogen and oxygen atoms in total. The molecule has 0 saturated heterocycles. The van der Waals surface area contributed by atoms with Gasteiger partial charge in [0.15, 0.2) is 5.72 Å². The molecule has 0 aliphatic carbocycles. The fraction of sp³-hybridized carbons (Fsp3) is 0.364.